The molecule has 0 aliphatic carbocycles. The highest BCUT2D eigenvalue weighted by Crippen LogP contribution is 2.26. The molecule has 0 aromatic heterocycles. The molecule has 0 spiro atoms. The lowest BCUT2D eigenvalue weighted by Gasteiger charge is -2.39. The van der Waals surface area contributed by atoms with Crippen molar-refractivity contribution in [3.05, 3.63) is 71.8 Å². The molecule has 0 radical (unpaired) electrons. The Bertz CT molecular complexity index is 866. The van der Waals surface area contributed by atoms with Crippen molar-refractivity contribution in [1.29, 1.82) is 0 Å². The van der Waals surface area contributed by atoms with Crippen LogP contribution >= 0.6 is 0 Å². The second kappa shape index (κ2) is 13.0. The second-order valence-corrected chi connectivity index (χ2v) is 9.14. The lowest BCUT2D eigenvalue weighted by molar-refractivity contribution is -0.00984. The summed E-state index contributed by atoms with van der Waals surface area (Å²) in [6.45, 7) is 7.30. The predicted octanol–water partition coefficient (Wildman–Crippen LogP) is 3.00. The van der Waals surface area contributed by atoms with E-state index in [-0.39, 0.29) is 18.5 Å². The molecule has 2 rings (SSSR count). The maximum atomic E-state index is 12.8. The summed E-state index contributed by atoms with van der Waals surface area (Å²) in [5.41, 5.74) is 0.154. The Morgan fingerprint density at radius 1 is 0.765 bits per heavy atom. The summed E-state index contributed by atoms with van der Waals surface area (Å²) < 4.78 is 0. The van der Waals surface area contributed by atoms with Gasteiger partial charge in [0.05, 0.1) is 12.2 Å². The zero-order chi connectivity index (χ0) is 25.1. The van der Waals surface area contributed by atoms with Crippen molar-refractivity contribution in [2.75, 3.05) is 0 Å². The minimum absolute atomic E-state index is 0.135. The number of hydrogen-bond donors (Lipinski definition) is 6. The number of benzene rings is 2. The van der Waals surface area contributed by atoms with E-state index in [1.165, 1.54) is 0 Å². The zero-order valence-corrected chi connectivity index (χ0v) is 20.4. The van der Waals surface area contributed by atoms with E-state index in [1.807, 2.05) is 64.1 Å². The largest absolute Gasteiger partial charge is 0.390 e. The molecule has 0 aliphatic heterocycles. The third-order valence-corrected chi connectivity index (χ3v) is 5.29. The fourth-order valence-corrected chi connectivity index (χ4v) is 3.70. The fourth-order valence-electron chi connectivity index (χ4n) is 3.70. The number of aliphatic hydroxyl groups is 2. The molecule has 8 nitrogen and oxygen atoms in total. The van der Waals surface area contributed by atoms with Gasteiger partial charge in [-0.3, -0.25) is 0 Å². The van der Waals surface area contributed by atoms with Crippen molar-refractivity contribution in [1.82, 2.24) is 21.3 Å². The summed E-state index contributed by atoms with van der Waals surface area (Å²) in [6, 6.07) is 17.3. The van der Waals surface area contributed by atoms with Gasteiger partial charge in [0.15, 0.2) is 0 Å². The number of aryl methyl sites for hydroxylation is 1. The van der Waals surface area contributed by atoms with Gasteiger partial charge in [-0.15, -0.1) is 0 Å². The van der Waals surface area contributed by atoms with Gasteiger partial charge in [-0.25, -0.2) is 9.59 Å². The normalized spacial score (nSPS) is 13.3. The highest BCUT2D eigenvalue weighted by molar-refractivity contribution is 5.79. The zero-order valence-electron chi connectivity index (χ0n) is 20.4. The maximum Gasteiger partial charge on any atom is 0.317 e. The standard InChI is InChI=1S/C26H38N4O4/c1-18(2)27-24(33)29-26(21-13-9-6-10-14-21,30-25(34)28-19(3)4)17-23(32)22(31)16-15-20-11-7-5-8-12-20/h5-14,18-19,22-23,31-32H,15-17H2,1-4H3,(H2,27,29,33)(H2,28,30,34). The third-order valence-electron chi connectivity index (χ3n) is 5.29. The van der Waals surface area contributed by atoms with E-state index in [2.05, 4.69) is 21.3 Å². The van der Waals surface area contributed by atoms with Crippen molar-refractivity contribution in [3.63, 3.8) is 0 Å². The Labute approximate surface area is 202 Å². The molecule has 6 N–H and O–H groups in total. The Kier molecular flexibility index (Phi) is 10.3. The number of carbonyl (C=O) groups excluding carboxylic acids is 2. The highest BCUT2D eigenvalue weighted by Gasteiger charge is 2.39. The molecule has 8 heteroatoms. The van der Waals surface area contributed by atoms with Gasteiger partial charge in [-0.1, -0.05) is 60.7 Å². The van der Waals surface area contributed by atoms with Gasteiger partial charge in [0, 0.05) is 18.5 Å². The average molecular weight is 471 g/mol. The molecule has 2 aromatic rings. The van der Waals surface area contributed by atoms with Gasteiger partial charge in [-0.05, 0) is 51.7 Å². The topological polar surface area (TPSA) is 123 Å². The molecule has 0 bridgehead atoms. The average Bonchev–Trinajstić information content (AvgIpc) is 2.77. The molecule has 2 unspecified atom stereocenters. The van der Waals surface area contributed by atoms with Crippen LogP contribution in [-0.2, 0) is 12.1 Å². The number of nitrogens with one attached hydrogen (secondary N) is 4. The van der Waals surface area contributed by atoms with E-state index >= 15 is 0 Å². The smallest absolute Gasteiger partial charge is 0.317 e. The summed E-state index contributed by atoms with van der Waals surface area (Å²) in [7, 11) is 0. The summed E-state index contributed by atoms with van der Waals surface area (Å²) in [5.74, 6) is 0. The van der Waals surface area contributed by atoms with Crippen LogP contribution in [0.4, 0.5) is 9.59 Å². The van der Waals surface area contributed by atoms with Crippen LogP contribution in [0.1, 0.15) is 51.7 Å². The highest BCUT2D eigenvalue weighted by atomic mass is 16.3. The van der Waals surface area contributed by atoms with Crippen molar-refractivity contribution in [2.45, 2.75) is 76.9 Å². The number of urea groups is 2. The Morgan fingerprint density at radius 3 is 1.71 bits per heavy atom. The molecule has 4 amide bonds. The molecule has 0 saturated heterocycles. The van der Waals surface area contributed by atoms with E-state index in [9.17, 15) is 19.8 Å². The quantitative estimate of drug-likeness (QED) is 0.283. The predicted molar refractivity (Wildman–Crippen MR) is 133 cm³/mol. The van der Waals surface area contributed by atoms with Gasteiger partial charge in [-0.2, -0.15) is 0 Å². The number of carbonyl (C=O) groups is 2. The summed E-state index contributed by atoms with van der Waals surface area (Å²) in [6.07, 6.45) is -1.51. The Hall–Kier alpha value is -3.10. The summed E-state index contributed by atoms with van der Waals surface area (Å²) in [5, 5.41) is 33.0. The van der Waals surface area contributed by atoms with E-state index in [0.29, 0.717) is 18.4 Å². The van der Waals surface area contributed by atoms with E-state index in [1.54, 1.807) is 24.3 Å². The molecule has 0 aliphatic rings. The van der Waals surface area contributed by atoms with Crippen molar-refractivity contribution < 1.29 is 19.8 Å². The first-order chi connectivity index (χ1) is 16.1. The fraction of sp³-hybridized carbons (Fsp3) is 0.462. The minimum atomic E-state index is -1.47. The van der Waals surface area contributed by atoms with Crippen molar-refractivity contribution >= 4 is 12.1 Å². The molecule has 0 fully saturated rings. The lowest BCUT2D eigenvalue weighted by atomic mass is 9.89. The van der Waals surface area contributed by atoms with E-state index in [0.717, 1.165) is 5.56 Å². The number of hydrogen-bond acceptors (Lipinski definition) is 4. The maximum absolute atomic E-state index is 12.8. The lowest BCUT2D eigenvalue weighted by Crippen LogP contribution is -2.64. The van der Waals surface area contributed by atoms with Gasteiger partial charge in [0.25, 0.3) is 0 Å². The molecule has 2 atom stereocenters. The Morgan fingerprint density at radius 2 is 1.24 bits per heavy atom. The SMILES string of the molecule is CC(C)NC(=O)NC(CC(O)C(O)CCc1ccccc1)(NC(=O)NC(C)C)c1ccccc1. The number of aliphatic hydroxyl groups excluding tert-OH is 2. The number of amides is 4. The van der Waals surface area contributed by atoms with Crippen LogP contribution in [0, 0.1) is 0 Å². The van der Waals surface area contributed by atoms with Gasteiger partial charge in [0.1, 0.15) is 5.66 Å². The molecule has 34 heavy (non-hydrogen) atoms. The van der Waals surface area contributed by atoms with Crippen LogP contribution < -0.4 is 21.3 Å². The molecular formula is C26H38N4O4. The molecule has 2 aromatic carbocycles. The first-order valence-corrected chi connectivity index (χ1v) is 11.7. The summed E-state index contributed by atoms with van der Waals surface area (Å²) in [4.78, 5) is 25.5. The van der Waals surface area contributed by atoms with Crippen LogP contribution in [0.25, 0.3) is 0 Å². The van der Waals surface area contributed by atoms with E-state index in [4.69, 9.17) is 0 Å². The van der Waals surface area contributed by atoms with Crippen molar-refractivity contribution in [2.24, 2.45) is 0 Å². The van der Waals surface area contributed by atoms with E-state index < -0.39 is 29.9 Å². The number of rotatable bonds is 11. The monoisotopic (exact) mass is 470 g/mol. The van der Waals surface area contributed by atoms with Crippen LogP contribution in [0.2, 0.25) is 0 Å². The second-order valence-electron chi connectivity index (χ2n) is 9.14. The third kappa shape index (κ3) is 8.68. The van der Waals surface area contributed by atoms with Crippen LogP contribution in [0.15, 0.2) is 60.7 Å². The Balaban J connectivity index is 2.31. The minimum Gasteiger partial charge on any atom is -0.390 e. The van der Waals surface area contributed by atoms with Crippen LogP contribution in [-0.4, -0.2) is 46.6 Å². The van der Waals surface area contributed by atoms with Gasteiger partial charge in [0.2, 0.25) is 0 Å². The van der Waals surface area contributed by atoms with Gasteiger partial charge >= 0.3 is 12.1 Å². The molecule has 0 heterocycles. The summed E-state index contributed by atoms with van der Waals surface area (Å²) >= 11 is 0. The van der Waals surface area contributed by atoms with Crippen LogP contribution in [0.3, 0.4) is 0 Å². The molecule has 186 valence electrons. The first kappa shape index (κ1) is 27.1. The molecular weight excluding hydrogens is 432 g/mol. The van der Waals surface area contributed by atoms with Crippen LogP contribution in [0.5, 0.6) is 0 Å². The first-order valence-electron chi connectivity index (χ1n) is 11.7. The van der Waals surface area contributed by atoms with Crippen molar-refractivity contribution in [3.8, 4) is 0 Å². The van der Waals surface area contributed by atoms with Gasteiger partial charge < -0.3 is 31.5 Å². The molecule has 0 saturated carbocycles.